The van der Waals surface area contributed by atoms with Gasteiger partial charge < -0.3 is 10.1 Å². The maximum absolute atomic E-state index is 13.6. The summed E-state index contributed by atoms with van der Waals surface area (Å²) in [6.45, 7) is 4.58. The van der Waals surface area contributed by atoms with Gasteiger partial charge in [0.05, 0.1) is 6.20 Å². The van der Waals surface area contributed by atoms with E-state index >= 15 is 0 Å². The van der Waals surface area contributed by atoms with Crippen LogP contribution in [-0.4, -0.2) is 17.0 Å². The summed E-state index contributed by atoms with van der Waals surface area (Å²) < 4.78 is 19.2. The van der Waals surface area contributed by atoms with Gasteiger partial charge in [-0.3, -0.25) is 0 Å². The molecule has 2 aromatic rings. The highest BCUT2D eigenvalue weighted by Crippen LogP contribution is 2.26. The minimum absolute atomic E-state index is 0.172. The van der Waals surface area contributed by atoms with Crippen LogP contribution in [-0.2, 0) is 6.54 Å². The van der Waals surface area contributed by atoms with Crippen LogP contribution in [0.5, 0.6) is 11.5 Å². The van der Waals surface area contributed by atoms with Gasteiger partial charge in [-0.1, -0.05) is 26.0 Å². The number of nitrogens with one attached hydrogen (secondary N) is 1. The third-order valence-electron chi connectivity index (χ3n) is 2.77. The fraction of sp³-hybridized carbons (Fsp3) is 0.333. The fourth-order valence-electron chi connectivity index (χ4n) is 1.72. The summed E-state index contributed by atoms with van der Waals surface area (Å²) in [7, 11) is 1.82. The molecule has 106 valence electrons. The first kappa shape index (κ1) is 14.4. The molecular weight excluding hydrogens is 257 g/mol. The summed E-state index contributed by atoms with van der Waals surface area (Å²) in [4.78, 5) is 8.73. The summed E-state index contributed by atoms with van der Waals surface area (Å²) in [5, 5.41) is 3.03. The molecule has 1 N–H and O–H groups in total. The molecule has 4 nitrogen and oxygen atoms in total. The number of hydrogen-bond donors (Lipinski definition) is 1. The zero-order valence-electron chi connectivity index (χ0n) is 11.9. The van der Waals surface area contributed by atoms with Crippen molar-refractivity contribution < 1.29 is 9.13 Å². The second-order valence-corrected chi connectivity index (χ2v) is 4.76. The van der Waals surface area contributed by atoms with Gasteiger partial charge in [-0.25, -0.2) is 14.4 Å². The van der Waals surface area contributed by atoms with E-state index < -0.39 is 5.82 Å². The highest BCUT2D eigenvalue weighted by molar-refractivity contribution is 5.33. The summed E-state index contributed by atoms with van der Waals surface area (Å²) in [6.07, 6.45) is 1.60. The molecule has 5 heteroatoms. The zero-order valence-corrected chi connectivity index (χ0v) is 11.9. The number of ether oxygens (including phenoxy) is 1. The molecule has 0 fully saturated rings. The van der Waals surface area contributed by atoms with Gasteiger partial charge in [0, 0.05) is 12.5 Å². The van der Waals surface area contributed by atoms with Crippen LogP contribution in [0.2, 0.25) is 0 Å². The Hall–Kier alpha value is -2.01. The van der Waals surface area contributed by atoms with Crippen LogP contribution >= 0.6 is 0 Å². The van der Waals surface area contributed by atoms with Crippen molar-refractivity contribution >= 4 is 0 Å². The first-order valence-electron chi connectivity index (χ1n) is 6.54. The monoisotopic (exact) mass is 275 g/mol. The lowest BCUT2D eigenvalue weighted by Gasteiger charge is -2.12. The van der Waals surface area contributed by atoms with Crippen molar-refractivity contribution in [1.29, 1.82) is 0 Å². The molecule has 0 spiro atoms. The Kier molecular flexibility index (Phi) is 4.63. The third kappa shape index (κ3) is 3.30. The van der Waals surface area contributed by atoms with Crippen LogP contribution in [0.25, 0.3) is 0 Å². The average Bonchev–Trinajstić information content (AvgIpc) is 2.43. The standard InChI is InChI=1S/C15H18FN3O/c1-10(2)15-18-9-14(12(19-15)8-17-3)20-13-7-5-4-6-11(13)16/h4-7,9-10,17H,8H2,1-3H3. The quantitative estimate of drug-likeness (QED) is 0.910. The van der Waals surface area contributed by atoms with E-state index in [0.717, 1.165) is 11.5 Å². The molecule has 0 amide bonds. The molecule has 1 aromatic heterocycles. The van der Waals surface area contributed by atoms with Gasteiger partial charge in [-0.05, 0) is 19.2 Å². The second kappa shape index (κ2) is 6.43. The van der Waals surface area contributed by atoms with Crippen LogP contribution in [0.3, 0.4) is 0 Å². The molecule has 2 rings (SSSR count). The maximum atomic E-state index is 13.6. The van der Waals surface area contributed by atoms with Gasteiger partial charge in [-0.2, -0.15) is 0 Å². The number of nitrogens with zero attached hydrogens (tertiary/aromatic N) is 2. The molecule has 0 saturated carbocycles. The third-order valence-corrected chi connectivity index (χ3v) is 2.77. The van der Waals surface area contributed by atoms with E-state index in [1.807, 2.05) is 20.9 Å². The number of benzene rings is 1. The van der Waals surface area contributed by atoms with Gasteiger partial charge in [0.2, 0.25) is 0 Å². The lowest BCUT2D eigenvalue weighted by atomic mass is 10.2. The van der Waals surface area contributed by atoms with Crippen LogP contribution in [0.1, 0.15) is 31.3 Å². The van der Waals surface area contributed by atoms with Gasteiger partial charge in [0.15, 0.2) is 17.3 Å². The summed E-state index contributed by atoms with van der Waals surface area (Å²) in [5.74, 6) is 1.21. The largest absolute Gasteiger partial charge is 0.451 e. The van der Waals surface area contributed by atoms with Crippen molar-refractivity contribution in [3.05, 3.63) is 47.8 Å². The van der Waals surface area contributed by atoms with Gasteiger partial charge >= 0.3 is 0 Å². The van der Waals surface area contributed by atoms with Crippen LogP contribution in [0.15, 0.2) is 30.5 Å². The second-order valence-electron chi connectivity index (χ2n) is 4.76. The first-order valence-corrected chi connectivity index (χ1v) is 6.54. The lowest BCUT2D eigenvalue weighted by molar-refractivity contribution is 0.430. The van der Waals surface area contributed by atoms with E-state index in [0.29, 0.717) is 12.3 Å². The number of halogens is 1. The Balaban J connectivity index is 2.33. The normalized spacial score (nSPS) is 10.8. The molecule has 0 aliphatic carbocycles. The van der Waals surface area contributed by atoms with E-state index in [1.54, 1.807) is 24.4 Å². The average molecular weight is 275 g/mol. The maximum Gasteiger partial charge on any atom is 0.168 e. The Bertz CT molecular complexity index is 587. The van der Waals surface area contributed by atoms with Crippen LogP contribution in [0.4, 0.5) is 4.39 Å². The summed E-state index contributed by atoms with van der Waals surface area (Å²) >= 11 is 0. The van der Waals surface area contributed by atoms with Crippen molar-refractivity contribution in [3.63, 3.8) is 0 Å². The van der Waals surface area contributed by atoms with Crippen molar-refractivity contribution in [2.24, 2.45) is 0 Å². The predicted octanol–water partition coefficient (Wildman–Crippen LogP) is 3.25. The van der Waals surface area contributed by atoms with Crippen LogP contribution in [0, 0.1) is 5.82 Å². The molecule has 0 bridgehead atoms. The molecule has 20 heavy (non-hydrogen) atoms. The van der Waals surface area contributed by atoms with Crippen molar-refractivity contribution in [2.75, 3.05) is 7.05 Å². The number of para-hydroxylation sites is 1. The first-order chi connectivity index (χ1) is 9.61. The Labute approximate surface area is 118 Å². The molecule has 1 heterocycles. The molecule has 0 aliphatic heterocycles. The number of hydrogen-bond acceptors (Lipinski definition) is 4. The van der Waals surface area contributed by atoms with Crippen molar-refractivity contribution in [2.45, 2.75) is 26.3 Å². The smallest absolute Gasteiger partial charge is 0.168 e. The Morgan fingerprint density at radius 3 is 2.65 bits per heavy atom. The topological polar surface area (TPSA) is 47.0 Å². The van der Waals surface area contributed by atoms with E-state index in [2.05, 4.69) is 15.3 Å². The predicted molar refractivity (Wildman–Crippen MR) is 75.4 cm³/mol. The number of rotatable bonds is 5. The van der Waals surface area contributed by atoms with E-state index in [1.165, 1.54) is 6.07 Å². The van der Waals surface area contributed by atoms with Gasteiger partial charge in [0.25, 0.3) is 0 Å². The highest BCUT2D eigenvalue weighted by Gasteiger charge is 2.12. The molecule has 1 aromatic carbocycles. The molecule has 0 radical (unpaired) electrons. The van der Waals surface area contributed by atoms with Gasteiger partial charge in [0.1, 0.15) is 11.5 Å². The molecule has 0 unspecified atom stereocenters. The minimum Gasteiger partial charge on any atom is -0.451 e. The lowest BCUT2D eigenvalue weighted by Crippen LogP contribution is -2.11. The summed E-state index contributed by atoms with van der Waals surface area (Å²) in [6, 6.07) is 6.28. The molecule has 0 aliphatic rings. The van der Waals surface area contributed by atoms with E-state index in [4.69, 9.17) is 4.74 Å². The SMILES string of the molecule is CNCc1nc(C(C)C)ncc1Oc1ccccc1F. The zero-order chi connectivity index (χ0) is 14.5. The summed E-state index contributed by atoms with van der Waals surface area (Å²) in [5.41, 5.74) is 0.717. The Morgan fingerprint density at radius 2 is 2.00 bits per heavy atom. The molecular formula is C15H18FN3O. The minimum atomic E-state index is -0.407. The highest BCUT2D eigenvalue weighted by atomic mass is 19.1. The Morgan fingerprint density at radius 1 is 1.25 bits per heavy atom. The fourth-order valence-corrected chi connectivity index (χ4v) is 1.72. The number of aromatic nitrogens is 2. The van der Waals surface area contributed by atoms with Crippen molar-refractivity contribution in [3.8, 4) is 11.5 Å². The molecule has 0 atom stereocenters. The van der Waals surface area contributed by atoms with Crippen molar-refractivity contribution in [1.82, 2.24) is 15.3 Å². The van der Waals surface area contributed by atoms with E-state index in [9.17, 15) is 4.39 Å². The van der Waals surface area contributed by atoms with Gasteiger partial charge in [-0.15, -0.1) is 0 Å². The molecule has 0 saturated heterocycles. The van der Waals surface area contributed by atoms with Crippen LogP contribution < -0.4 is 10.1 Å². The van der Waals surface area contributed by atoms with E-state index in [-0.39, 0.29) is 11.7 Å².